The van der Waals surface area contributed by atoms with E-state index in [9.17, 15) is 5.11 Å². The summed E-state index contributed by atoms with van der Waals surface area (Å²) in [7, 11) is 0. The summed E-state index contributed by atoms with van der Waals surface area (Å²) in [6.07, 6.45) is 0. The fourth-order valence-electron chi connectivity index (χ4n) is 3.22. The maximum absolute atomic E-state index is 10.7. The molecule has 0 spiro atoms. The predicted octanol–water partition coefficient (Wildman–Crippen LogP) is 6.19. The number of ether oxygens (including phenoxy) is 1. The van der Waals surface area contributed by atoms with Crippen molar-refractivity contribution in [3.8, 4) is 45.1 Å². The number of rotatable bonds is 5. The summed E-state index contributed by atoms with van der Waals surface area (Å²) in [6.45, 7) is 2.39. The summed E-state index contributed by atoms with van der Waals surface area (Å²) in [5.41, 5.74) is 5.40. The van der Waals surface area contributed by atoms with E-state index >= 15 is 0 Å². The Morgan fingerprint density at radius 2 is 1.36 bits per heavy atom. The molecule has 0 aliphatic heterocycles. The SMILES string of the molecule is CCOc1cccc(-c2cc(-c3ccccc3)cc(-c3ccccc3)n2)c1O. The molecule has 0 bridgehead atoms. The van der Waals surface area contributed by atoms with Crippen LogP contribution < -0.4 is 4.74 Å². The Hall–Kier alpha value is -3.59. The Kier molecular flexibility index (Phi) is 5.07. The van der Waals surface area contributed by atoms with Crippen molar-refractivity contribution in [1.29, 1.82) is 0 Å². The maximum atomic E-state index is 10.7. The lowest BCUT2D eigenvalue weighted by Gasteiger charge is -2.13. The van der Waals surface area contributed by atoms with Crippen molar-refractivity contribution in [1.82, 2.24) is 4.98 Å². The van der Waals surface area contributed by atoms with E-state index in [0.717, 1.165) is 22.4 Å². The molecule has 0 fully saturated rings. The summed E-state index contributed by atoms with van der Waals surface area (Å²) >= 11 is 0. The molecule has 0 aliphatic rings. The Balaban J connectivity index is 1.91. The number of hydrogen-bond donors (Lipinski definition) is 1. The van der Waals surface area contributed by atoms with Gasteiger partial charge in [-0.15, -0.1) is 0 Å². The minimum absolute atomic E-state index is 0.112. The van der Waals surface area contributed by atoms with Gasteiger partial charge < -0.3 is 9.84 Å². The zero-order valence-electron chi connectivity index (χ0n) is 15.7. The highest BCUT2D eigenvalue weighted by molar-refractivity contribution is 5.79. The second kappa shape index (κ2) is 7.97. The van der Waals surface area contributed by atoms with Crippen molar-refractivity contribution in [3.63, 3.8) is 0 Å². The zero-order valence-corrected chi connectivity index (χ0v) is 15.7. The first-order valence-electron chi connectivity index (χ1n) is 9.34. The number of nitrogens with zero attached hydrogens (tertiary/aromatic N) is 1. The molecule has 28 heavy (non-hydrogen) atoms. The van der Waals surface area contributed by atoms with E-state index in [2.05, 4.69) is 18.2 Å². The molecule has 0 unspecified atom stereocenters. The van der Waals surface area contributed by atoms with Gasteiger partial charge in [-0.2, -0.15) is 0 Å². The maximum Gasteiger partial charge on any atom is 0.167 e. The molecule has 138 valence electrons. The second-order valence-electron chi connectivity index (χ2n) is 6.44. The highest BCUT2D eigenvalue weighted by atomic mass is 16.5. The minimum atomic E-state index is 0.112. The summed E-state index contributed by atoms with van der Waals surface area (Å²) in [5, 5.41) is 10.7. The number of pyridine rings is 1. The van der Waals surface area contributed by atoms with Crippen molar-refractivity contribution in [2.45, 2.75) is 6.92 Å². The molecular weight excluding hydrogens is 346 g/mol. The first-order valence-corrected chi connectivity index (χ1v) is 9.34. The number of aromatic hydroxyl groups is 1. The smallest absolute Gasteiger partial charge is 0.167 e. The Labute approximate surface area is 164 Å². The van der Waals surface area contributed by atoms with Crippen LogP contribution in [0.25, 0.3) is 33.6 Å². The van der Waals surface area contributed by atoms with Crippen LogP contribution >= 0.6 is 0 Å². The normalized spacial score (nSPS) is 10.6. The van der Waals surface area contributed by atoms with Crippen molar-refractivity contribution in [2.75, 3.05) is 6.61 Å². The minimum Gasteiger partial charge on any atom is -0.504 e. The summed E-state index contributed by atoms with van der Waals surface area (Å²) in [4.78, 5) is 4.85. The largest absolute Gasteiger partial charge is 0.504 e. The Morgan fingerprint density at radius 3 is 2.04 bits per heavy atom. The van der Waals surface area contributed by atoms with Crippen LogP contribution in [0, 0.1) is 0 Å². The standard InChI is InChI=1S/C25H21NO2/c1-2-28-24-15-9-14-21(25(24)27)23-17-20(18-10-5-3-6-11-18)16-22(26-23)19-12-7-4-8-13-19/h3-17,27H,2H2,1H3. The molecule has 4 rings (SSSR count). The Morgan fingerprint density at radius 1 is 0.714 bits per heavy atom. The van der Waals surface area contributed by atoms with Crippen molar-refractivity contribution in [3.05, 3.63) is 91.0 Å². The van der Waals surface area contributed by atoms with Gasteiger partial charge in [0.2, 0.25) is 0 Å². The lowest BCUT2D eigenvalue weighted by Crippen LogP contribution is -1.95. The fraction of sp³-hybridized carbons (Fsp3) is 0.0800. The number of para-hydroxylation sites is 1. The molecule has 1 heterocycles. The molecular formula is C25H21NO2. The van der Waals surface area contributed by atoms with Gasteiger partial charge in [-0.3, -0.25) is 0 Å². The molecule has 1 N–H and O–H groups in total. The average Bonchev–Trinajstić information content (AvgIpc) is 2.76. The van der Waals surface area contributed by atoms with Crippen LogP contribution in [0.15, 0.2) is 91.0 Å². The third kappa shape index (κ3) is 3.60. The topological polar surface area (TPSA) is 42.4 Å². The van der Waals surface area contributed by atoms with Crippen LogP contribution in [0.5, 0.6) is 11.5 Å². The van der Waals surface area contributed by atoms with E-state index in [1.54, 1.807) is 6.07 Å². The third-order valence-electron chi connectivity index (χ3n) is 4.58. The van der Waals surface area contributed by atoms with Gasteiger partial charge in [0.1, 0.15) is 0 Å². The van der Waals surface area contributed by atoms with Crippen molar-refractivity contribution < 1.29 is 9.84 Å². The number of hydrogen-bond acceptors (Lipinski definition) is 3. The summed E-state index contributed by atoms with van der Waals surface area (Å²) < 4.78 is 5.55. The quantitative estimate of drug-likeness (QED) is 0.457. The second-order valence-corrected chi connectivity index (χ2v) is 6.44. The molecule has 0 atom stereocenters. The van der Waals surface area contributed by atoms with Crippen LogP contribution in [-0.4, -0.2) is 16.7 Å². The van der Waals surface area contributed by atoms with E-state index < -0.39 is 0 Å². The Bertz CT molecular complexity index is 1020. The number of aromatic nitrogens is 1. The van der Waals surface area contributed by atoms with Crippen molar-refractivity contribution in [2.24, 2.45) is 0 Å². The number of benzene rings is 3. The first-order chi connectivity index (χ1) is 13.8. The lowest BCUT2D eigenvalue weighted by atomic mass is 9.99. The van der Waals surface area contributed by atoms with Gasteiger partial charge in [-0.1, -0.05) is 66.7 Å². The van der Waals surface area contributed by atoms with Gasteiger partial charge >= 0.3 is 0 Å². The van der Waals surface area contributed by atoms with Gasteiger partial charge in [-0.25, -0.2) is 4.98 Å². The van der Waals surface area contributed by atoms with Crippen LogP contribution in [0.4, 0.5) is 0 Å². The molecule has 0 saturated carbocycles. The van der Waals surface area contributed by atoms with Crippen molar-refractivity contribution >= 4 is 0 Å². The highest BCUT2D eigenvalue weighted by Gasteiger charge is 2.14. The molecule has 0 aliphatic carbocycles. The van der Waals surface area contributed by atoms with Gasteiger partial charge in [0.15, 0.2) is 11.5 Å². The lowest BCUT2D eigenvalue weighted by molar-refractivity contribution is 0.318. The van der Waals surface area contributed by atoms with E-state index in [1.165, 1.54) is 0 Å². The molecule has 3 aromatic carbocycles. The predicted molar refractivity (Wildman–Crippen MR) is 113 cm³/mol. The summed E-state index contributed by atoms with van der Waals surface area (Å²) in [6, 6.07) is 29.8. The number of phenolic OH excluding ortho intramolecular Hbond substituents is 1. The van der Waals surface area contributed by atoms with Gasteiger partial charge in [-0.05, 0) is 42.3 Å². The molecule has 0 radical (unpaired) electrons. The van der Waals surface area contributed by atoms with Gasteiger partial charge in [0.05, 0.1) is 18.0 Å². The fourth-order valence-corrected chi connectivity index (χ4v) is 3.22. The van der Waals surface area contributed by atoms with Crippen LogP contribution in [0.1, 0.15) is 6.92 Å². The molecule has 1 aromatic heterocycles. The average molecular weight is 367 g/mol. The van der Waals surface area contributed by atoms with E-state index in [0.29, 0.717) is 23.6 Å². The molecule has 3 nitrogen and oxygen atoms in total. The molecule has 3 heteroatoms. The van der Waals surface area contributed by atoms with Crippen LogP contribution in [-0.2, 0) is 0 Å². The zero-order chi connectivity index (χ0) is 19.3. The number of phenols is 1. The van der Waals surface area contributed by atoms with Gasteiger partial charge in [0.25, 0.3) is 0 Å². The molecule has 0 saturated heterocycles. The summed E-state index contributed by atoms with van der Waals surface area (Å²) in [5.74, 6) is 0.578. The van der Waals surface area contributed by atoms with E-state index in [4.69, 9.17) is 9.72 Å². The van der Waals surface area contributed by atoms with Crippen LogP contribution in [0.2, 0.25) is 0 Å². The highest BCUT2D eigenvalue weighted by Crippen LogP contribution is 2.38. The third-order valence-corrected chi connectivity index (χ3v) is 4.58. The van der Waals surface area contributed by atoms with Crippen LogP contribution in [0.3, 0.4) is 0 Å². The molecule has 0 amide bonds. The van der Waals surface area contributed by atoms with E-state index in [1.807, 2.05) is 73.7 Å². The van der Waals surface area contributed by atoms with Gasteiger partial charge in [0, 0.05) is 11.1 Å². The molecule has 4 aromatic rings. The van der Waals surface area contributed by atoms with E-state index in [-0.39, 0.29) is 5.75 Å². The monoisotopic (exact) mass is 367 g/mol. The first kappa shape index (κ1) is 17.8.